The van der Waals surface area contributed by atoms with Gasteiger partial charge in [0.25, 0.3) is 0 Å². The molecule has 192 valence electrons. The van der Waals surface area contributed by atoms with Crippen molar-refractivity contribution in [3.8, 4) is 12.1 Å². The van der Waals surface area contributed by atoms with Crippen LogP contribution >= 0.6 is 94.1 Å². The van der Waals surface area contributed by atoms with Crippen LogP contribution in [0.2, 0.25) is 0 Å². The molecule has 0 amide bonds. The van der Waals surface area contributed by atoms with E-state index in [-0.39, 0.29) is 0 Å². The molecule has 3 aromatic rings. The van der Waals surface area contributed by atoms with E-state index in [2.05, 4.69) is 73.2 Å². The van der Waals surface area contributed by atoms with Gasteiger partial charge in [-0.3, -0.25) is 0 Å². The average Bonchev–Trinajstić information content (AvgIpc) is 3.55. The molecule has 0 bridgehead atoms. The van der Waals surface area contributed by atoms with E-state index in [1.807, 2.05) is 47.0 Å². The molecule has 2 aliphatic rings. The molecule has 0 aliphatic carbocycles. The van der Waals surface area contributed by atoms with Gasteiger partial charge < -0.3 is 0 Å². The fourth-order valence-corrected chi connectivity index (χ4v) is 15.1. The Balaban J connectivity index is 1.72. The molecule has 2 nitrogen and oxygen atoms in total. The van der Waals surface area contributed by atoms with E-state index in [0.29, 0.717) is 12.8 Å². The van der Waals surface area contributed by atoms with E-state index in [1.54, 1.807) is 47.0 Å². The first kappa shape index (κ1) is 28.7. The van der Waals surface area contributed by atoms with Gasteiger partial charge in [-0.15, -0.1) is 47.0 Å². The van der Waals surface area contributed by atoms with Crippen molar-refractivity contribution in [2.24, 2.45) is 0 Å². The summed E-state index contributed by atoms with van der Waals surface area (Å²) in [7, 11) is 0. The molecule has 5 rings (SSSR count). The van der Waals surface area contributed by atoms with E-state index in [1.165, 1.54) is 57.4 Å². The third kappa shape index (κ3) is 5.94. The number of thioether (sulfide) groups is 8. The summed E-state index contributed by atoms with van der Waals surface area (Å²) in [5.41, 5.74) is 0. The number of nitriles is 2. The Kier molecular flexibility index (Phi) is 10.3. The molecule has 0 unspecified atom stereocenters. The van der Waals surface area contributed by atoms with Crippen molar-refractivity contribution in [3.63, 3.8) is 0 Å². The van der Waals surface area contributed by atoms with E-state index < -0.39 is 0 Å². The first-order chi connectivity index (χ1) is 18.7. The summed E-state index contributed by atoms with van der Waals surface area (Å²) in [6, 6.07) is 22.2. The van der Waals surface area contributed by atoms with E-state index in [4.69, 9.17) is 10.5 Å². The lowest BCUT2D eigenvalue weighted by atomic mass is 9.99. The Morgan fingerprint density at radius 1 is 0.579 bits per heavy atom. The molecule has 0 atom stereocenters. The van der Waals surface area contributed by atoms with Crippen LogP contribution in [-0.4, -0.2) is 24.0 Å². The van der Waals surface area contributed by atoms with Crippen LogP contribution in [0.1, 0.15) is 12.8 Å². The summed E-state index contributed by atoms with van der Waals surface area (Å²) >= 11 is 14.7. The molecule has 0 fully saturated rings. The molecule has 0 N–H and O–H groups in total. The summed E-state index contributed by atoms with van der Waals surface area (Å²) in [6.45, 7) is 0. The number of fused-ring (bicyclic) bond motifs is 2. The summed E-state index contributed by atoms with van der Waals surface area (Å²) in [4.78, 5) is 0. The lowest BCUT2D eigenvalue weighted by molar-refractivity contribution is 1.24. The van der Waals surface area contributed by atoms with Crippen molar-refractivity contribution >= 4 is 124 Å². The molecule has 2 heterocycles. The van der Waals surface area contributed by atoms with Gasteiger partial charge in [0.2, 0.25) is 0 Å². The highest BCUT2D eigenvalue weighted by Gasteiger charge is 2.26. The molecule has 0 radical (unpaired) electrons. The van der Waals surface area contributed by atoms with Gasteiger partial charge >= 0.3 is 0 Å². The monoisotopic (exact) mass is 642 g/mol. The van der Waals surface area contributed by atoms with Crippen LogP contribution in [0, 0.1) is 22.7 Å². The number of benzene rings is 3. The normalized spacial score (nSPS) is 15.7. The predicted octanol–water partition coefficient (Wildman–Crippen LogP) is 9.36. The maximum absolute atomic E-state index is 9.02. The quantitative estimate of drug-likeness (QED) is 0.175. The maximum Gasteiger partial charge on any atom is 0.0660 e. The third-order valence-corrected chi connectivity index (χ3v) is 16.4. The predicted molar refractivity (Wildman–Crippen MR) is 184 cm³/mol. The van der Waals surface area contributed by atoms with E-state index >= 15 is 0 Å². The van der Waals surface area contributed by atoms with Gasteiger partial charge in [0, 0.05) is 34.8 Å². The van der Waals surface area contributed by atoms with Crippen LogP contribution in [-0.2, 0) is 0 Å². The van der Waals surface area contributed by atoms with Gasteiger partial charge in [-0.1, -0.05) is 95.6 Å². The summed E-state index contributed by atoms with van der Waals surface area (Å²) in [6.07, 6.45) is 5.41. The highest BCUT2D eigenvalue weighted by Crippen LogP contribution is 2.59. The smallest absolute Gasteiger partial charge is 0.0660 e. The standard InChI is InChI=1S/C28H22N2S8/c1-31-25-27(33-15-7-13-29)37-23(35-25)21-17-9-3-5-11-19(17)22(20-12-6-4-10-18(20)21)24-36-26(32-2)28(38-24)34-16-8-14-30/h3-6,9-12H,7-8,15-16H2,1-2H3. The highest BCUT2D eigenvalue weighted by molar-refractivity contribution is 8.46. The van der Waals surface area contributed by atoms with Crippen molar-refractivity contribution in [1.82, 2.24) is 0 Å². The summed E-state index contributed by atoms with van der Waals surface area (Å²) in [5.74, 6) is 1.65. The maximum atomic E-state index is 9.02. The van der Waals surface area contributed by atoms with Gasteiger partial charge in [0.15, 0.2) is 0 Å². The number of hydrogen-bond donors (Lipinski definition) is 0. The molecule has 38 heavy (non-hydrogen) atoms. The minimum atomic E-state index is 0.563. The highest BCUT2D eigenvalue weighted by atomic mass is 32.3. The minimum absolute atomic E-state index is 0.563. The van der Waals surface area contributed by atoms with Crippen molar-refractivity contribution in [2.45, 2.75) is 12.8 Å². The second kappa shape index (κ2) is 13.7. The zero-order valence-electron chi connectivity index (χ0n) is 20.6. The molecule has 0 aromatic heterocycles. The molecule has 10 heteroatoms. The van der Waals surface area contributed by atoms with Crippen LogP contribution in [0.4, 0.5) is 0 Å². The second-order valence-corrected chi connectivity index (χ2v) is 17.4. The Morgan fingerprint density at radius 3 is 1.24 bits per heavy atom. The second-order valence-electron chi connectivity index (χ2n) is 7.90. The number of rotatable bonds is 8. The zero-order valence-corrected chi connectivity index (χ0v) is 27.1. The molecule has 0 saturated heterocycles. The Morgan fingerprint density at radius 2 is 0.921 bits per heavy atom. The summed E-state index contributed by atoms with van der Waals surface area (Å²) in [5, 5.41) is 25.8. The van der Waals surface area contributed by atoms with E-state index in [0.717, 1.165) is 11.5 Å². The molecule has 3 aromatic carbocycles. The zero-order chi connectivity index (χ0) is 26.5. The van der Waals surface area contributed by atoms with Crippen molar-refractivity contribution in [3.05, 3.63) is 75.9 Å². The van der Waals surface area contributed by atoms with Crippen LogP contribution in [0.3, 0.4) is 0 Å². The molecule has 2 aliphatic heterocycles. The molecular formula is C28H22N2S8. The largest absolute Gasteiger partial charge is 0.198 e. The number of hydrogen-bond acceptors (Lipinski definition) is 10. The van der Waals surface area contributed by atoms with Gasteiger partial charge in [0.05, 0.1) is 37.6 Å². The Bertz CT molecular complexity index is 1490. The topological polar surface area (TPSA) is 47.6 Å². The minimum Gasteiger partial charge on any atom is -0.198 e. The lowest BCUT2D eigenvalue weighted by Crippen LogP contribution is -2.16. The fraction of sp³-hybridized carbons (Fsp3) is 0.214. The van der Waals surface area contributed by atoms with Crippen molar-refractivity contribution < 1.29 is 0 Å². The van der Waals surface area contributed by atoms with Crippen LogP contribution in [0.15, 0.2) is 65.5 Å². The van der Waals surface area contributed by atoms with Gasteiger partial charge in [-0.25, -0.2) is 0 Å². The van der Waals surface area contributed by atoms with Gasteiger partial charge in [-0.2, -0.15) is 10.5 Å². The van der Waals surface area contributed by atoms with Crippen LogP contribution in [0.5, 0.6) is 0 Å². The molecule has 0 saturated carbocycles. The Labute approximate surface area is 257 Å². The SMILES string of the molecule is CSC1=C(SCCC#N)SC(=c2c3ccccc3c(=C3SC(SC)=C(SCCC#N)S3)c3ccccc23)S1. The molecular weight excluding hydrogens is 621 g/mol. The first-order valence-corrected chi connectivity index (χ1v) is 19.3. The van der Waals surface area contributed by atoms with Crippen LogP contribution < -0.4 is 10.4 Å². The van der Waals surface area contributed by atoms with Crippen molar-refractivity contribution in [2.75, 3.05) is 24.0 Å². The van der Waals surface area contributed by atoms with Crippen molar-refractivity contribution in [1.29, 1.82) is 10.5 Å². The Hall–Kier alpha value is -0.820. The number of nitrogens with zero attached hydrogens (tertiary/aromatic N) is 2. The first-order valence-electron chi connectivity index (χ1n) is 11.7. The fourth-order valence-electron chi connectivity index (χ4n) is 4.12. The lowest BCUT2D eigenvalue weighted by Gasteiger charge is -2.11. The van der Waals surface area contributed by atoms with Crippen LogP contribution in [0.25, 0.3) is 30.0 Å². The average molecular weight is 643 g/mol. The summed E-state index contributed by atoms with van der Waals surface area (Å²) < 4.78 is 7.92. The molecule has 0 spiro atoms. The van der Waals surface area contributed by atoms with E-state index in [9.17, 15) is 0 Å². The van der Waals surface area contributed by atoms with Gasteiger partial charge in [0.1, 0.15) is 0 Å². The third-order valence-electron chi connectivity index (χ3n) is 5.68. The van der Waals surface area contributed by atoms with Gasteiger partial charge in [-0.05, 0) is 34.1 Å².